The number of aliphatic carboxylic acids is 1. The first-order valence-electron chi connectivity index (χ1n) is 15.5. The molecule has 1 aliphatic heterocycles. The van der Waals surface area contributed by atoms with Crippen LogP contribution in [0.5, 0.6) is 11.5 Å². The summed E-state index contributed by atoms with van der Waals surface area (Å²) in [6.45, 7) is -0.0162. The molecule has 2 amide bonds. The van der Waals surface area contributed by atoms with E-state index in [0.717, 1.165) is 41.4 Å². The van der Waals surface area contributed by atoms with E-state index in [0.29, 0.717) is 11.5 Å². The van der Waals surface area contributed by atoms with Crippen LogP contribution < -0.4 is 20.1 Å². The van der Waals surface area contributed by atoms with Gasteiger partial charge in [0.15, 0.2) is 16.6 Å². The fraction of sp³-hybridized carbons (Fsp3) is 0.353. The van der Waals surface area contributed by atoms with Crippen LogP contribution in [0.3, 0.4) is 0 Å². The topological polar surface area (TPSA) is 127 Å². The highest BCUT2D eigenvalue weighted by molar-refractivity contribution is 7.22. The van der Waals surface area contributed by atoms with Crippen LogP contribution in [0.25, 0.3) is 10.2 Å². The molecule has 2 heterocycles. The highest BCUT2D eigenvalue weighted by Gasteiger charge is 2.66. The van der Waals surface area contributed by atoms with Crippen molar-refractivity contribution in [2.45, 2.75) is 69.0 Å². The minimum absolute atomic E-state index is 0.00331. The maximum Gasteiger partial charge on any atom is 0.507 e. The summed E-state index contributed by atoms with van der Waals surface area (Å²) in [5.74, 6) is -3.34. The van der Waals surface area contributed by atoms with E-state index in [2.05, 4.69) is 25.1 Å². The van der Waals surface area contributed by atoms with Gasteiger partial charge in [-0.25, -0.2) is 4.98 Å². The number of carbonyl (C=O) groups is 3. The molecule has 0 bridgehead atoms. The normalized spacial score (nSPS) is 17.4. The Kier molecular flexibility index (Phi) is 9.28. The summed E-state index contributed by atoms with van der Waals surface area (Å²) >= 11 is 0.787. The Hall–Kier alpha value is -4.72. The highest BCUT2D eigenvalue weighted by atomic mass is 32.1. The van der Waals surface area contributed by atoms with Gasteiger partial charge in [-0.05, 0) is 66.1 Å². The van der Waals surface area contributed by atoms with Gasteiger partial charge in [-0.1, -0.05) is 67.0 Å². The number of hydrogen-bond acceptors (Lipinski definition) is 7. The van der Waals surface area contributed by atoms with E-state index in [1.807, 2.05) is 24.3 Å². The van der Waals surface area contributed by atoms with Crippen LogP contribution in [0.4, 0.5) is 22.7 Å². The fourth-order valence-corrected chi connectivity index (χ4v) is 6.91. The van der Waals surface area contributed by atoms with Crippen molar-refractivity contribution in [1.29, 1.82) is 0 Å². The van der Waals surface area contributed by atoms with Crippen LogP contribution in [0, 0.1) is 0 Å². The third kappa shape index (κ3) is 7.08. The van der Waals surface area contributed by atoms with Crippen molar-refractivity contribution in [2.24, 2.45) is 0 Å². The molecule has 1 aliphatic carbocycles. The van der Waals surface area contributed by atoms with E-state index < -0.39 is 47.4 Å². The van der Waals surface area contributed by atoms with E-state index in [1.54, 1.807) is 24.3 Å². The van der Waals surface area contributed by atoms with Crippen molar-refractivity contribution in [2.75, 3.05) is 11.9 Å². The average Bonchev–Trinajstić information content (AvgIpc) is 3.47. The van der Waals surface area contributed by atoms with Gasteiger partial charge in [-0.3, -0.25) is 14.4 Å². The number of alkyl halides is 4. The van der Waals surface area contributed by atoms with Crippen molar-refractivity contribution in [3.05, 3.63) is 82.9 Å². The number of amides is 2. The smallest absolute Gasteiger partial charge is 0.481 e. The van der Waals surface area contributed by atoms with Crippen LogP contribution in [0.2, 0.25) is 0 Å². The van der Waals surface area contributed by atoms with Crippen molar-refractivity contribution < 1.29 is 46.5 Å². The largest absolute Gasteiger partial charge is 0.507 e. The minimum Gasteiger partial charge on any atom is -0.481 e. The second-order valence-electron chi connectivity index (χ2n) is 11.8. The van der Waals surface area contributed by atoms with Crippen molar-refractivity contribution in [1.82, 2.24) is 10.3 Å². The standard InChI is InChI=1S/C34H31F4N3O6S/c35-33(36)34(37,38)47-28-26(46-33)15-14-25-29(28)48-32(40-25)41-31(45)24(22-12-10-21(11-13-22)20-4-2-1-3-5-20)18-19-6-8-23(9-7-19)30(44)39-17-16-27(42)43/h6-15,20,24H,1-5,16-18H2,(H,39,44)(H,42,43)(H,40,41,45). The first-order valence-corrected chi connectivity index (χ1v) is 16.3. The quantitative estimate of drug-likeness (QED) is 0.148. The summed E-state index contributed by atoms with van der Waals surface area (Å²) in [4.78, 5) is 41.3. The third-order valence-electron chi connectivity index (χ3n) is 8.53. The number of halogens is 4. The molecule has 9 nitrogen and oxygen atoms in total. The Bertz CT molecular complexity index is 1830. The van der Waals surface area contributed by atoms with Gasteiger partial charge >= 0.3 is 18.2 Å². The maximum absolute atomic E-state index is 14.0. The molecule has 3 aromatic carbocycles. The molecule has 1 fully saturated rings. The Morgan fingerprint density at radius 3 is 2.29 bits per heavy atom. The van der Waals surface area contributed by atoms with Crippen LogP contribution >= 0.6 is 11.3 Å². The molecule has 2 aliphatic rings. The van der Waals surface area contributed by atoms with Gasteiger partial charge in [0.2, 0.25) is 5.91 Å². The van der Waals surface area contributed by atoms with Crippen molar-refractivity contribution in [3.8, 4) is 11.5 Å². The third-order valence-corrected chi connectivity index (χ3v) is 9.51. The number of rotatable bonds is 10. The first kappa shape index (κ1) is 33.2. The first-order chi connectivity index (χ1) is 22.9. The number of nitrogens with zero attached hydrogens (tertiary/aromatic N) is 1. The number of hydrogen-bond donors (Lipinski definition) is 3. The number of aromatic nitrogens is 1. The SMILES string of the molecule is O=C(O)CCNC(=O)c1ccc(CC(C(=O)Nc2nc3ccc4c(c3s2)OC(F)(F)C(F)(F)O4)c2ccc(C3CCCCC3)cc2)cc1. The summed E-state index contributed by atoms with van der Waals surface area (Å²) in [5.41, 5.74) is 3.13. The predicted octanol–water partition coefficient (Wildman–Crippen LogP) is 7.47. The van der Waals surface area contributed by atoms with Gasteiger partial charge in [0.05, 0.1) is 17.9 Å². The van der Waals surface area contributed by atoms with Gasteiger partial charge in [0, 0.05) is 12.1 Å². The number of carboxylic acid groups (broad SMARTS) is 1. The number of fused-ring (bicyclic) bond motifs is 3. The summed E-state index contributed by atoms with van der Waals surface area (Å²) in [6.07, 6.45) is -3.96. The molecule has 0 radical (unpaired) electrons. The number of nitrogens with one attached hydrogen (secondary N) is 2. The van der Waals surface area contributed by atoms with Crippen molar-refractivity contribution >= 4 is 44.5 Å². The van der Waals surface area contributed by atoms with Gasteiger partial charge in [0.1, 0.15) is 4.70 Å². The number of thiazole rings is 1. The molecule has 252 valence electrons. The number of carbonyl (C=O) groups excluding carboxylic acids is 2. The fourth-order valence-electron chi connectivity index (χ4n) is 5.97. The zero-order chi connectivity index (χ0) is 34.1. The van der Waals surface area contributed by atoms with Gasteiger partial charge < -0.3 is 25.2 Å². The van der Waals surface area contributed by atoms with Gasteiger partial charge in [0.25, 0.3) is 5.91 Å². The number of anilines is 1. The van der Waals surface area contributed by atoms with Gasteiger partial charge in [-0.2, -0.15) is 17.6 Å². The molecule has 3 N–H and O–H groups in total. The molecule has 1 saturated carbocycles. The lowest BCUT2D eigenvalue weighted by Crippen LogP contribution is -2.52. The Morgan fingerprint density at radius 1 is 0.917 bits per heavy atom. The lowest BCUT2D eigenvalue weighted by atomic mass is 9.83. The summed E-state index contributed by atoms with van der Waals surface area (Å²) in [6, 6.07) is 16.9. The lowest BCUT2D eigenvalue weighted by molar-refractivity contribution is -0.391. The van der Waals surface area contributed by atoms with E-state index in [-0.39, 0.29) is 34.7 Å². The molecular formula is C34H31F4N3O6S. The van der Waals surface area contributed by atoms with Crippen LogP contribution in [0.15, 0.2) is 60.7 Å². The molecule has 0 spiro atoms. The average molecular weight is 686 g/mol. The second-order valence-corrected chi connectivity index (χ2v) is 12.8. The molecule has 48 heavy (non-hydrogen) atoms. The monoisotopic (exact) mass is 685 g/mol. The predicted molar refractivity (Wildman–Crippen MR) is 169 cm³/mol. The summed E-state index contributed by atoms with van der Waals surface area (Å²) in [5, 5.41) is 14.2. The molecule has 4 aromatic rings. The van der Waals surface area contributed by atoms with Crippen LogP contribution in [-0.2, 0) is 16.0 Å². The lowest BCUT2D eigenvalue weighted by Gasteiger charge is -2.31. The van der Waals surface area contributed by atoms with Crippen molar-refractivity contribution in [3.63, 3.8) is 0 Å². The van der Waals surface area contributed by atoms with E-state index >= 15 is 0 Å². The van der Waals surface area contributed by atoms with Crippen LogP contribution in [-0.4, -0.2) is 46.6 Å². The molecular weight excluding hydrogens is 654 g/mol. The van der Waals surface area contributed by atoms with E-state index in [1.165, 1.54) is 30.9 Å². The van der Waals surface area contributed by atoms with Crippen LogP contribution in [0.1, 0.15) is 77.4 Å². The number of benzene rings is 3. The molecule has 0 saturated heterocycles. The number of carboxylic acids is 1. The zero-order valence-corrected chi connectivity index (χ0v) is 26.3. The maximum atomic E-state index is 14.0. The molecule has 6 rings (SSSR count). The minimum atomic E-state index is -4.91. The molecule has 1 atom stereocenters. The second kappa shape index (κ2) is 13.4. The molecule has 14 heteroatoms. The van der Waals surface area contributed by atoms with Gasteiger partial charge in [-0.15, -0.1) is 0 Å². The summed E-state index contributed by atoms with van der Waals surface area (Å²) in [7, 11) is 0. The molecule has 1 unspecified atom stereocenters. The highest BCUT2D eigenvalue weighted by Crippen LogP contribution is 2.51. The number of ether oxygens (including phenoxy) is 2. The van der Waals surface area contributed by atoms with E-state index in [4.69, 9.17) is 5.11 Å². The van der Waals surface area contributed by atoms with E-state index in [9.17, 15) is 31.9 Å². The Balaban J connectivity index is 1.24. The molecule has 1 aromatic heterocycles. The Morgan fingerprint density at radius 2 is 1.60 bits per heavy atom. The Labute approximate surface area is 276 Å². The zero-order valence-electron chi connectivity index (χ0n) is 25.4. The summed E-state index contributed by atoms with van der Waals surface area (Å²) < 4.78 is 64.0.